The molecule has 0 amide bonds. The van der Waals surface area contributed by atoms with Crippen LogP contribution in [0.15, 0.2) is 58.3 Å². The number of rotatable bonds is 2. The molecule has 3 nitrogen and oxygen atoms in total. The topological polar surface area (TPSA) is 41.0 Å². The lowest BCUT2D eigenvalue weighted by atomic mass is 10.2. The normalized spacial score (nSPS) is 11.4. The molecule has 0 unspecified atom stereocenters. The maximum absolute atomic E-state index is 4.45. The predicted molar refractivity (Wildman–Crippen MR) is 77.5 cm³/mol. The maximum atomic E-state index is 4.45. The van der Waals surface area contributed by atoms with Crippen molar-refractivity contribution in [3.05, 3.63) is 58.8 Å². The van der Waals surface area contributed by atoms with E-state index in [0.29, 0.717) is 0 Å². The summed E-state index contributed by atoms with van der Waals surface area (Å²) in [5.74, 6) is 0. The van der Waals surface area contributed by atoms with Crippen molar-refractivity contribution in [1.82, 2.24) is 9.97 Å². The molecule has 0 aliphatic carbocycles. The minimum atomic E-state index is 0.912. The van der Waals surface area contributed by atoms with Gasteiger partial charge in [0, 0.05) is 10.7 Å². The van der Waals surface area contributed by atoms with Crippen LogP contribution in [0.3, 0.4) is 0 Å². The van der Waals surface area contributed by atoms with Crippen LogP contribution in [0.25, 0.3) is 11.0 Å². The summed E-state index contributed by atoms with van der Waals surface area (Å²) in [6, 6.07) is 13.9. The van der Waals surface area contributed by atoms with Gasteiger partial charge in [0.1, 0.15) is 0 Å². The van der Waals surface area contributed by atoms with Crippen molar-refractivity contribution in [2.24, 2.45) is 4.99 Å². The van der Waals surface area contributed by atoms with Crippen LogP contribution < -0.4 is 0 Å². The van der Waals surface area contributed by atoms with Gasteiger partial charge < -0.3 is 4.98 Å². The van der Waals surface area contributed by atoms with E-state index in [-0.39, 0.29) is 0 Å². The summed E-state index contributed by atoms with van der Waals surface area (Å²) >= 11 is 3.41. The highest BCUT2D eigenvalue weighted by Gasteiger charge is 1.96. The fraction of sp³-hybridized carbons (Fsp3) is 0. The summed E-state index contributed by atoms with van der Waals surface area (Å²) in [6.45, 7) is 0. The smallest absolute Gasteiger partial charge is 0.0931 e. The van der Waals surface area contributed by atoms with Crippen molar-refractivity contribution in [1.29, 1.82) is 0 Å². The van der Waals surface area contributed by atoms with Crippen LogP contribution in [0.2, 0.25) is 0 Å². The lowest BCUT2D eigenvalue weighted by molar-refractivity contribution is 1.34. The molecule has 0 spiro atoms. The number of imidazole rings is 1. The Morgan fingerprint density at radius 2 is 1.94 bits per heavy atom. The zero-order chi connectivity index (χ0) is 12.4. The lowest BCUT2D eigenvalue weighted by Crippen LogP contribution is -1.79. The van der Waals surface area contributed by atoms with Crippen molar-refractivity contribution >= 4 is 38.9 Å². The second-order valence-electron chi connectivity index (χ2n) is 3.91. The monoisotopic (exact) mass is 299 g/mol. The Balaban J connectivity index is 1.88. The van der Waals surface area contributed by atoms with Crippen LogP contribution in [-0.2, 0) is 0 Å². The van der Waals surface area contributed by atoms with E-state index >= 15 is 0 Å². The first-order chi connectivity index (χ1) is 8.81. The summed E-state index contributed by atoms with van der Waals surface area (Å²) in [6.07, 6.45) is 3.54. The molecule has 2 aromatic carbocycles. The molecule has 0 aliphatic heterocycles. The van der Waals surface area contributed by atoms with E-state index in [9.17, 15) is 0 Å². The van der Waals surface area contributed by atoms with E-state index in [2.05, 4.69) is 30.9 Å². The van der Waals surface area contributed by atoms with Crippen LogP contribution in [-0.4, -0.2) is 16.2 Å². The molecule has 1 N–H and O–H groups in total. The van der Waals surface area contributed by atoms with Gasteiger partial charge in [0.05, 0.1) is 23.0 Å². The molecule has 18 heavy (non-hydrogen) atoms. The number of aromatic nitrogens is 2. The number of halogens is 1. The van der Waals surface area contributed by atoms with E-state index in [1.54, 1.807) is 6.33 Å². The summed E-state index contributed by atoms with van der Waals surface area (Å²) < 4.78 is 1.07. The number of nitrogens with one attached hydrogen (secondary N) is 1. The van der Waals surface area contributed by atoms with Crippen LogP contribution in [0.1, 0.15) is 5.56 Å². The minimum Gasteiger partial charge on any atom is -0.345 e. The Labute approximate surface area is 113 Å². The number of hydrogen-bond acceptors (Lipinski definition) is 2. The molecule has 4 heteroatoms. The van der Waals surface area contributed by atoms with Crippen molar-refractivity contribution < 1.29 is 0 Å². The third-order valence-electron chi connectivity index (χ3n) is 2.64. The first-order valence-corrected chi connectivity index (χ1v) is 6.33. The Morgan fingerprint density at radius 3 is 2.78 bits per heavy atom. The number of aromatic amines is 1. The van der Waals surface area contributed by atoms with Crippen molar-refractivity contribution in [2.75, 3.05) is 0 Å². The molecule has 1 aromatic heterocycles. The molecule has 0 saturated carbocycles. The molecule has 0 radical (unpaired) electrons. The number of hydrogen-bond donors (Lipinski definition) is 1. The maximum Gasteiger partial charge on any atom is 0.0931 e. The fourth-order valence-corrected chi connectivity index (χ4v) is 1.97. The van der Waals surface area contributed by atoms with E-state index in [4.69, 9.17) is 0 Å². The molecule has 0 saturated heterocycles. The van der Waals surface area contributed by atoms with Gasteiger partial charge in [-0.15, -0.1) is 0 Å². The van der Waals surface area contributed by atoms with Gasteiger partial charge >= 0.3 is 0 Å². The first kappa shape index (κ1) is 11.2. The summed E-state index contributed by atoms with van der Waals surface area (Å²) in [4.78, 5) is 11.7. The Bertz CT molecular complexity index is 698. The van der Waals surface area contributed by atoms with E-state index in [0.717, 1.165) is 26.8 Å². The fourth-order valence-electron chi connectivity index (χ4n) is 1.70. The summed E-state index contributed by atoms with van der Waals surface area (Å²) in [5.41, 5.74) is 3.94. The highest BCUT2D eigenvalue weighted by atomic mass is 79.9. The standard InChI is InChI=1S/C14H10BrN3/c15-11-3-1-10(2-4-11)8-16-12-5-6-13-14(7-12)18-9-17-13/h1-9H,(H,17,18). The Morgan fingerprint density at radius 1 is 1.11 bits per heavy atom. The van der Waals surface area contributed by atoms with E-state index in [1.807, 2.05) is 48.7 Å². The highest BCUT2D eigenvalue weighted by molar-refractivity contribution is 9.10. The van der Waals surface area contributed by atoms with E-state index < -0.39 is 0 Å². The predicted octanol–water partition coefficient (Wildman–Crippen LogP) is 4.08. The van der Waals surface area contributed by atoms with Gasteiger partial charge in [-0.1, -0.05) is 28.1 Å². The molecule has 0 bridgehead atoms. The van der Waals surface area contributed by atoms with Gasteiger partial charge in [0.25, 0.3) is 0 Å². The zero-order valence-electron chi connectivity index (χ0n) is 9.47. The molecule has 0 aliphatic rings. The minimum absolute atomic E-state index is 0.912. The summed E-state index contributed by atoms with van der Waals surface area (Å²) in [5, 5.41) is 0. The number of aliphatic imine (C=N–C) groups is 1. The lowest BCUT2D eigenvalue weighted by Gasteiger charge is -1.95. The number of nitrogens with zero attached hydrogens (tertiary/aromatic N) is 2. The average molecular weight is 300 g/mol. The molecular formula is C14H10BrN3. The van der Waals surface area contributed by atoms with Crippen molar-refractivity contribution in [3.8, 4) is 0 Å². The van der Waals surface area contributed by atoms with Gasteiger partial charge in [-0.25, -0.2) is 4.98 Å². The van der Waals surface area contributed by atoms with Crippen LogP contribution in [0, 0.1) is 0 Å². The largest absolute Gasteiger partial charge is 0.345 e. The number of fused-ring (bicyclic) bond motifs is 1. The van der Waals surface area contributed by atoms with Crippen molar-refractivity contribution in [2.45, 2.75) is 0 Å². The molecule has 0 atom stereocenters. The van der Waals surface area contributed by atoms with Gasteiger partial charge in [-0.05, 0) is 35.9 Å². The van der Waals surface area contributed by atoms with Crippen molar-refractivity contribution in [3.63, 3.8) is 0 Å². The number of benzene rings is 2. The zero-order valence-corrected chi connectivity index (χ0v) is 11.1. The SMILES string of the molecule is Brc1ccc(C=Nc2ccc3nc[nH]c3c2)cc1. The summed E-state index contributed by atoms with van der Waals surface area (Å²) in [7, 11) is 0. The van der Waals surface area contributed by atoms with Crippen LogP contribution in [0.4, 0.5) is 5.69 Å². The van der Waals surface area contributed by atoms with E-state index in [1.165, 1.54) is 0 Å². The van der Waals surface area contributed by atoms with Gasteiger partial charge in [0.2, 0.25) is 0 Å². The Kier molecular flexibility index (Phi) is 2.94. The molecular weight excluding hydrogens is 290 g/mol. The third kappa shape index (κ3) is 2.33. The second kappa shape index (κ2) is 4.74. The van der Waals surface area contributed by atoms with Crippen LogP contribution >= 0.6 is 15.9 Å². The second-order valence-corrected chi connectivity index (χ2v) is 4.83. The number of H-pyrrole nitrogens is 1. The van der Waals surface area contributed by atoms with Gasteiger partial charge in [-0.2, -0.15) is 0 Å². The highest BCUT2D eigenvalue weighted by Crippen LogP contribution is 2.18. The Hall–Kier alpha value is -1.94. The quantitative estimate of drug-likeness (QED) is 0.712. The first-order valence-electron chi connectivity index (χ1n) is 5.54. The molecule has 88 valence electrons. The molecule has 3 aromatic rings. The average Bonchev–Trinajstić information content (AvgIpc) is 2.85. The van der Waals surface area contributed by atoms with Gasteiger partial charge in [-0.3, -0.25) is 4.99 Å². The van der Waals surface area contributed by atoms with Crippen LogP contribution in [0.5, 0.6) is 0 Å². The van der Waals surface area contributed by atoms with Gasteiger partial charge in [0.15, 0.2) is 0 Å². The molecule has 3 rings (SSSR count). The molecule has 0 fully saturated rings. The molecule has 1 heterocycles. The third-order valence-corrected chi connectivity index (χ3v) is 3.17.